The highest BCUT2D eigenvalue weighted by Crippen LogP contribution is 2.23. The molecule has 0 saturated carbocycles. The van der Waals surface area contributed by atoms with E-state index in [1.807, 2.05) is 63.4 Å². The lowest BCUT2D eigenvalue weighted by molar-refractivity contribution is 0.131. The molecule has 0 spiro atoms. The third-order valence-electron chi connectivity index (χ3n) is 2.59. The van der Waals surface area contributed by atoms with Crippen molar-refractivity contribution in [3.05, 3.63) is 45.9 Å². The molecule has 0 radical (unpaired) electrons. The molecule has 0 N–H and O–H groups in total. The Hall–Kier alpha value is -2.12. The van der Waals surface area contributed by atoms with Crippen LogP contribution in [0.15, 0.2) is 29.6 Å². The van der Waals surface area contributed by atoms with Crippen LogP contribution in [0.5, 0.6) is 5.75 Å². The third-order valence-corrected chi connectivity index (χ3v) is 3.58. The molecule has 3 nitrogen and oxygen atoms in total. The van der Waals surface area contributed by atoms with Crippen LogP contribution in [0.1, 0.15) is 37.0 Å². The first kappa shape index (κ1) is 15.3. The van der Waals surface area contributed by atoms with Gasteiger partial charge in [0.25, 0.3) is 0 Å². The zero-order valence-corrected chi connectivity index (χ0v) is 13.5. The minimum atomic E-state index is -0.215. The van der Waals surface area contributed by atoms with Gasteiger partial charge in [-0.05, 0) is 51.5 Å². The average molecular weight is 298 g/mol. The Morgan fingerprint density at radius 3 is 2.43 bits per heavy atom. The number of nitrogens with zero attached hydrogens (tertiary/aromatic N) is 2. The van der Waals surface area contributed by atoms with Crippen LogP contribution in [0.4, 0.5) is 0 Å². The van der Waals surface area contributed by atoms with Gasteiger partial charge in [-0.15, -0.1) is 11.3 Å². The Balaban J connectivity index is 2.22. The lowest BCUT2D eigenvalue weighted by Crippen LogP contribution is -2.22. The molecule has 0 atom stereocenters. The van der Waals surface area contributed by atoms with Crippen LogP contribution in [-0.2, 0) is 0 Å². The van der Waals surface area contributed by atoms with Crippen LogP contribution in [0.3, 0.4) is 0 Å². The zero-order valence-electron chi connectivity index (χ0n) is 12.7. The zero-order chi connectivity index (χ0) is 15.5. The van der Waals surface area contributed by atoms with E-state index >= 15 is 0 Å². The molecular weight excluding hydrogens is 280 g/mol. The van der Waals surface area contributed by atoms with Crippen LogP contribution < -0.4 is 4.74 Å². The molecule has 0 amide bonds. The lowest BCUT2D eigenvalue weighted by Gasteiger charge is -2.21. The van der Waals surface area contributed by atoms with Gasteiger partial charge in [0.15, 0.2) is 0 Å². The molecule has 0 aliphatic heterocycles. The van der Waals surface area contributed by atoms with Gasteiger partial charge in [0.05, 0.1) is 5.57 Å². The van der Waals surface area contributed by atoms with Crippen LogP contribution >= 0.6 is 11.3 Å². The molecule has 108 valence electrons. The standard InChI is InChI=1S/C17H18N2OS/c1-12-11-21-16(19-12)14(10-18)9-13-5-7-15(8-6-13)20-17(2,3)4/h5-9,11H,1-4H3/b14-9-. The van der Waals surface area contributed by atoms with Crippen molar-refractivity contribution < 1.29 is 4.74 Å². The Morgan fingerprint density at radius 1 is 1.29 bits per heavy atom. The number of allylic oxidation sites excluding steroid dienone is 1. The Morgan fingerprint density at radius 2 is 1.95 bits per heavy atom. The third kappa shape index (κ3) is 4.44. The highest BCUT2D eigenvalue weighted by Gasteiger charge is 2.11. The van der Waals surface area contributed by atoms with Gasteiger partial charge in [-0.1, -0.05) is 12.1 Å². The summed E-state index contributed by atoms with van der Waals surface area (Å²) in [4.78, 5) is 4.35. The summed E-state index contributed by atoms with van der Waals surface area (Å²) in [5.41, 5.74) is 2.26. The van der Waals surface area contributed by atoms with Crippen LogP contribution in [0.25, 0.3) is 11.6 Å². The molecule has 1 heterocycles. The number of benzene rings is 1. The van der Waals surface area contributed by atoms with Crippen molar-refractivity contribution in [1.82, 2.24) is 4.98 Å². The SMILES string of the molecule is Cc1csc(/C(C#N)=C\c2ccc(OC(C)(C)C)cc2)n1. The fourth-order valence-corrected chi connectivity index (χ4v) is 2.53. The fourth-order valence-electron chi connectivity index (χ4n) is 1.77. The molecule has 0 aliphatic rings. The van der Waals surface area contributed by atoms with Crippen molar-refractivity contribution in [2.75, 3.05) is 0 Å². The van der Waals surface area contributed by atoms with Crippen molar-refractivity contribution in [3.63, 3.8) is 0 Å². The van der Waals surface area contributed by atoms with Crippen molar-refractivity contribution in [2.24, 2.45) is 0 Å². The molecule has 2 rings (SSSR count). The van der Waals surface area contributed by atoms with Gasteiger partial charge in [-0.3, -0.25) is 0 Å². The summed E-state index contributed by atoms with van der Waals surface area (Å²) in [5.74, 6) is 0.822. The molecule has 2 aromatic rings. The second kappa shape index (κ2) is 6.11. The first-order chi connectivity index (χ1) is 9.87. The number of rotatable bonds is 3. The van der Waals surface area contributed by atoms with Gasteiger partial charge in [0.1, 0.15) is 22.4 Å². The lowest BCUT2D eigenvalue weighted by atomic mass is 10.1. The predicted molar refractivity (Wildman–Crippen MR) is 87.2 cm³/mol. The van der Waals surface area contributed by atoms with E-state index in [9.17, 15) is 5.26 Å². The second-order valence-electron chi connectivity index (χ2n) is 5.75. The van der Waals surface area contributed by atoms with Gasteiger partial charge >= 0.3 is 0 Å². The summed E-state index contributed by atoms with van der Waals surface area (Å²) in [6.45, 7) is 7.96. The molecule has 0 aliphatic carbocycles. The summed E-state index contributed by atoms with van der Waals surface area (Å²) in [5, 5.41) is 12.0. The number of thiazole rings is 1. The van der Waals surface area contributed by atoms with Crippen molar-refractivity contribution in [3.8, 4) is 11.8 Å². The van der Waals surface area contributed by atoms with Crippen LogP contribution in [0.2, 0.25) is 0 Å². The number of nitriles is 1. The van der Waals surface area contributed by atoms with Crippen molar-refractivity contribution in [1.29, 1.82) is 5.26 Å². The summed E-state index contributed by atoms with van der Waals surface area (Å²) >= 11 is 1.49. The maximum atomic E-state index is 9.28. The van der Waals surface area contributed by atoms with E-state index in [0.717, 1.165) is 22.0 Å². The van der Waals surface area contributed by atoms with Gasteiger partial charge in [0, 0.05) is 11.1 Å². The van der Waals surface area contributed by atoms with Crippen LogP contribution in [0, 0.1) is 18.3 Å². The maximum Gasteiger partial charge on any atom is 0.134 e. The Bertz CT molecular complexity index is 685. The summed E-state index contributed by atoms with van der Waals surface area (Å²) in [6, 6.07) is 9.93. The van der Waals surface area contributed by atoms with Gasteiger partial charge in [-0.25, -0.2) is 4.98 Å². The molecule has 0 fully saturated rings. The minimum Gasteiger partial charge on any atom is -0.488 e. The molecule has 4 heteroatoms. The van der Waals surface area contributed by atoms with E-state index < -0.39 is 0 Å². The number of aryl methyl sites for hydroxylation is 1. The Kier molecular flexibility index (Phi) is 4.44. The van der Waals surface area contributed by atoms with E-state index in [-0.39, 0.29) is 5.60 Å². The average Bonchev–Trinajstić information content (AvgIpc) is 2.82. The topological polar surface area (TPSA) is 45.9 Å². The number of ether oxygens (including phenoxy) is 1. The monoisotopic (exact) mass is 298 g/mol. The van der Waals surface area contributed by atoms with E-state index in [1.165, 1.54) is 11.3 Å². The largest absolute Gasteiger partial charge is 0.488 e. The van der Waals surface area contributed by atoms with E-state index in [0.29, 0.717) is 5.57 Å². The predicted octanol–water partition coefficient (Wildman–Crippen LogP) is 4.69. The van der Waals surface area contributed by atoms with Gasteiger partial charge < -0.3 is 4.74 Å². The maximum absolute atomic E-state index is 9.28. The van der Waals surface area contributed by atoms with Gasteiger partial charge in [-0.2, -0.15) is 5.26 Å². The molecule has 1 aromatic heterocycles. The molecule has 1 aromatic carbocycles. The summed E-state index contributed by atoms with van der Waals surface area (Å²) < 4.78 is 5.78. The van der Waals surface area contributed by atoms with Gasteiger partial charge in [0.2, 0.25) is 0 Å². The second-order valence-corrected chi connectivity index (χ2v) is 6.61. The van der Waals surface area contributed by atoms with Crippen LogP contribution in [-0.4, -0.2) is 10.6 Å². The highest BCUT2D eigenvalue weighted by molar-refractivity contribution is 7.11. The number of aromatic nitrogens is 1. The molecule has 21 heavy (non-hydrogen) atoms. The van der Waals surface area contributed by atoms with Crippen molar-refractivity contribution >= 4 is 23.0 Å². The summed E-state index contributed by atoms with van der Waals surface area (Å²) in [6.07, 6.45) is 1.85. The first-order valence-electron chi connectivity index (χ1n) is 6.71. The molecule has 0 unspecified atom stereocenters. The fraction of sp³-hybridized carbons (Fsp3) is 0.294. The highest BCUT2D eigenvalue weighted by atomic mass is 32.1. The number of hydrogen-bond donors (Lipinski definition) is 0. The van der Waals surface area contributed by atoms with E-state index in [2.05, 4.69) is 11.1 Å². The number of hydrogen-bond acceptors (Lipinski definition) is 4. The van der Waals surface area contributed by atoms with E-state index in [4.69, 9.17) is 4.74 Å². The quantitative estimate of drug-likeness (QED) is 0.772. The smallest absolute Gasteiger partial charge is 0.134 e. The molecule has 0 bridgehead atoms. The Labute approximate surface area is 129 Å². The summed E-state index contributed by atoms with van der Waals surface area (Å²) in [7, 11) is 0. The normalized spacial score (nSPS) is 12.0. The molecule has 0 saturated heterocycles. The van der Waals surface area contributed by atoms with E-state index in [1.54, 1.807) is 0 Å². The van der Waals surface area contributed by atoms with Crippen molar-refractivity contribution in [2.45, 2.75) is 33.3 Å². The minimum absolute atomic E-state index is 0.215. The first-order valence-corrected chi connectivity index (χ1v) is 7.59. The molecular formula is C17H18N2OS.